The topological polar surface area (TPSA) is 96.5 Å². The van der Waals surface area contributed by atoms with Crippen LogP contribution in [-0.2, 0) is 20.9 Å². The summed E-state index contributed by atoms with van der Waals surface area (Å²) < 4.78 is 5.16. The molecule has 0 saturated carbocycles. The number of ketones is 1. The van der Waals surface area contributed by atoms with Gasteiger partial charge in [-0.25, -0.2) is 4.79 Å². The first-order chi connectivity index (χ1) is 15.7. The van der Waals surface area contributed by atoms with E-state index in [-0.39, 0.29) is 42.6 Å². The van der Waals surface area contributed by atoms with Crippen LogP contribution in [0.5, 0.6) is 0 Å². The van der Waals surface area contributed by atoms with E-state index in [0.29, 0.717) is 13.0 Å². The number of urea groups is 1. The normalized spacial score (nSPS) is 12.8. The zero-order valence-electron chi connectivity index (χ0n) is 21.0. The lowest BCUT2D eigenvalue weighted by molar-refractivity contribution is -0.145. The molecule has 0 aliphatic heterocycles. The molecule has 0 saturated heterocycles. The van der Waals surface area contributed by atoms with Crippen molar-refractivity contribution in [3.63, 3.8) is 0 Å². The Morgan fingerprint density at radius 2 is 1.67 bits per heavy atom. The highest BCUT2D eigenvalue weighted by atomic mass is 16.5. The van der Waals surface area contributed by atoms with Crippen LogP contribution in [0.4, 0.5) is 4.79 Å². The van der Waals surface area contributed by atoms with Crippen molar-refractivity contribution in [2.24, 2.45) is 5.92 Å². The van der Waals surface area contributed by atoms with Crippen LogP contribution in [0.1, 0.15) is 77.3 Å². The fraction of sp³-hybridized carbons (Fsp3) is 0.654. The Hall–Kier alpha value is -2.41. The number of rotatable bonds is 16. The van der Waals surface area contributed by atoms with Gasteiger partial charge in [-0.2, -0.15) is 0 Å². The molecular formula is C26H43N3O4. The highest BCUT2D eigenvalue weighted by Crippen LogP contribution is 2.06. The Morgan fingerprint density at radius 1 is 0.970 bits per heavy atom. The lowest BCUT2D eigenvalue weighted by atomic mass is 10.1. The number of Topliss-reactive ketones (excluding diaryl/α,β-unsaturated/α-hetero) is 1. The zero-order valence-corrected chi connectivity index (χ0v) is 21.0. The second-order valence-corrected chi connectivity index (χ2v) is 9.16. The molecule has 0 heterocycles. The van der Waals surface area contributed by atoms with Crippen molar-refractivity contribution >= 4 is 17.8 Å². The number of nitrogens with one attached hydrogen (secondary N) is 3. The number of carbonyl (C=O) groups excluding carboxylic acids is 3. The zero-order chi connectivity index (χ0) is 24.6. The molecule has 2 amide bonds. The van der Waals surface area contributed by atoms with E-state index in [1.807, 2.05) is 20.8 Å². The van der Waals surface area contributed by atoms with Gasteiger partial charge in [0.2, 0.25) is 0 Å². The van der Waals surface area contributed by atoms with Gasteiger partial charge in [0.15, 0.2) is 5.78 Å². The highest BCUT2D eigenvalue weighted by molar-refractivity contribution is 5.88. The summed E-state index contributed by atoms with van der Waals surface area (Å²) in [5.74, 6) is -0.172. The maximum atomic E-state index is 12.4. The van der Waals surface area contributed by atoms with E-state index < -0.39 is 6.04 Å². The first-order valence-electron chi connectivity index (χ1n) is 12.2. The number of ether oxygens (including phenoxy) is 1. The molecule has 1 aromatic carbocycles. The number of hydrogen-bond acceptors (Lipinski definition) is 5. The van der Waals surface area contributed by atoms with Gasteiger partial charge >= 0.3 is 12.0 Å². The molecule has 0 fully saturated rings. The SMILES string of the molecule is CCC(=O)C(CCC(=O)OCC(C)C)NC(=O)NC(C)CCCCNCc1ccc(C)cc1. The maximum absolute atomic E-state index is 12.4. The summed E-state index contributed by atoms with van der Waals surface area (Å²) in [6.45, 7) is 11.9. The Bertz CT molecular complexity index is 719. The van der Waals surface area contributed by atoms with Crippen LogP contribution in [0, 0.1) is 12.8 Å². The number of esters is 1. The monoisotopic (exact) mass is 461 g/mol. The minimum atomic E-state index is -0.681. The fourth-order valence-electron chi connectivity index (χ4n) is 3.29. The number of carbonyl (C=O) groups is 3. The predicted octanol–water partition coefficient (Wildman–Crippen LogP) is 4.27. The summed E-state index contributed by atoms with van der Waals surface area (Å²) in [7, 11) is 0. The number of aryl methyl sites for hydroxylation is 1. The van der Waals surface area contributed by atoms with E-state index in [4.69, 9.17) is 4.74 Å². The van der Waals surface area contributed by atoms with E-state index in [1.54, 1.807) is 6.92 Å². The van der Waals surface area contributed by atoms with Gasteiger partial charge in [-0.15, -0.1) is 0 Å². The molecule has 0 spiro atoms. The summed E-state index contributed by atoms with van der Waals surface area (Å²) in [5, 5.41) is 9.08. The first-order valence-corrected chi connectivity index (χ1v) is 12.2. The third-order valence-corrected chi connectivity index (χ3v) is 5.33. The highest BCUT2D eigenvalue weighted by Gasteiger charge is 2.21. The van der Waals surface area contributed by atoms with E-state index in [2.05, 4.69) is 47.1 Å². The van der Waals surface area contributed by atoms with Crippen molar-refractivity contribution in [2.75, 3.05) is 13.2 Å². The van der Waals surface area contributed by atoms with E-state index in [1.165, 1.54) is 11.1 Å². The molecule has 0 aliphatic carbocycles. The molecule has 1 aromatic rings. The standard InChI is InChI=1S/C26H43N3O4/c1-6-24(30)23(14-15-25(31)33-18-19(2)3)29-26(32)28-21(5)9-7-8-16-27-17-22-12-10-20(4)11-13-22/h10-13,19,21,23,27H,6-9,14-18H2,1-5H3,(H2,28,29,32). The summed E-state index contributed by atoms with van der Waals surface area (Å²) in [4.78, 5) is 36.4. The van der Waals surface area contributed by atoms with Crippen LogP contribution >= 0.6 is 0 Å². The number of benzene rings is 1. The van der Waals surface area contributed by atoms with E-state index in [0.717, 1.165) is 32.4 Å². The van der Waals surface area contributed by atoms with Gasteiger partial charge in [0, 0.05) is 25.4 Å². The molecule has 186 valence electrons. The van der Waals surface area contributed by atoms with Crippen molar-refractivity contribution < 1.29 is 19.1 Å². The van der Waals surface area contributed by atoms with Crippen LogP contribution in [0.15, 0.2) is 24.3 Å². The Labute approximate surface area is 199 Å². The molecule has 7 heteroatoms. The molecule has 7 nitrogen and oxygen atoms in total. The molecule has 33 heavy (non-hydrogen) atoms. The Morgan fingerprint density at radius 3 is 2.30 bits per heavy atom. The lowest BCUT2D eigenvalue weighted by Crippen LogP contribution is -2.48. The fourth-order valence-corrected chi connectivity index (χ4v) is 3.29. The second-order valence-electron chi connectivity index (χ2n) is 9.16. The van der Waals surface area contributed by atoms with Crippen molar-refractivity contribution in [2.45, 2.75) is 91.8 Å². The van der Waals surface area contributed by atoms with Gasteiger partial charge < -0.3 is 20.7 Å². The van der Waals surface area contributed by atoms with Crippen LogP contribution in [-0.4, -0.2) is 43.0 Å². The summed E-state index contributed by atoms with van der Waals surface area (Å²) in [6, 6.07) is 7.45. The quantitative estimate of drug-likeness (QED) is 0.252. The summed E-state index contributed by atoms with van der Waals surface area (Å²) >= 11 is 0. The molecular weight excluding hydrogens is 418 g/mol. The Balaban J connectivity index is 2.25. The molecule has 0 aliphatic rings. The van der Waals surface area contributed by atoms with Crippen LogP contribution < -0.4 is 16.0 Å². The molecule has 2 unspecified atom stereocenters. The van der Waals surface area contributed by atoms with Crippen LogP contribution in [0.25, 0.3) is 0 Å². The van der Waals surface area contributed by atoms with Gasteiger partial charge in [0.1, 0.15) is 0 Å². The van der Waals surface area contributed by atoms with Gasteiger partial charge in [-0.3, -0.25) is 9.59 Å². The summed E-state index contributed by atoms with van der Waals surface area (Å²) in [5.41, 5.74) is 2.54. The molecule has 1 rings (SSSR count). The van der Waals surface area contributed by atoms with Gasteiger partial charge in [0.05, 0.1) is 12.6 Å². The third kappa shape index (κ3) is 13.7. The number of unbranched alkanes of at least 4 members (excludes halogenated alkanes) is 1. The molecule has 0 aromatic heterocycles. The third-order valence-electron chi connectivity index (χ3n) is 5.33. The number of amides is 2. The summed E-state index contributed by atoms with van der Waals surface area (Å²) in [6.07, 6.45) is 3.52. The average molecular weight is 462 g/mol. The number of hydrogen-bond donors (Lipinski definition) is 3. The average Bonchev–Trinajstić information content (AvgIpc) is 2.78. The first kappa shape index (κ1) is 28.6. The van der Waals surface area contributed by atoms with Crippen molar-refractivity contribution in [1.29, 1.82) is 0 Å². The van der Waals surface area contributed by atoms with E-state index >= 15 is 0 Å². The minimum absolute atomic E-state index is 0.00418. The molecule has 2 atom stereocenters. The second kappa shape index (κ2) is 16.2. The van der Waals surface area contributed by atoms with Gasteiger partial charge in [0.25, 0.3) is 0 Å². The predicted molar refractivity (Wildman–Crippen MR) is 132 cm³/mol. The largest absolute Gasteiger partial charge is 0.465 e. The molecule has 0 radical (unpaired) electrons. The van der Waals surface area contributed by atoms with Gasteiger partial charge in [-0.1, -0.05) is 57.0 Å². The van der Waals surface area contributed by atoms with Crippen molar-refractivity contribution in [3.05, 3.63) is 35.4 Å². The Kier molecular flexibility index (Phi) is 14.1. The van der Waals surface area contributed by atoms with Crippen LogP contribution in [0.2, 0.25) is 0 Å². The molecule has 3 N–H and O–H groups in total. The van der Waals surface area contributed by atoms with E-state index in [9.17, 15) is 14.4 Å². The van der Waals surface area contributed by atoms with Crippen molar-refractivity contribution in [1.82, 2.24) is 16.0 Å². The lowest BCUT2D eigenvalue weighted by Gasteiger charge is -2.20. The smallest absolute Gasteiger partial charge is 0.315 e. The van der Waals surface area contributed by atoms with Crippen LogP contribution in [0.3, 0.4) is 0 Å². The van der Waals surface area contributed by atoms with Gasteiger partial charge in [-0.05, 0) is 51.1 Å². The maximum Gasteiger partial charge on any atom is 0.315 e. The molecule has 0 bridgehead atoms. The van der Waals surface area contributed by atoms with Crippen molar-refractivity contribution in [3.8, 4) is 0 Å². The minimum Gasteiger partial charge on any atom is -0.465 e.